The topological polar surface area (TPSA) is 129 Å². The van der Waals surface area contributed by atoms with E-state index in [1.807, 2.05) is 0 Å². The third-order valence-electron chi connectivity index (χ3n) is 4.83. The van der Waals surface area contributed by atoms with Crippen LogP contribution >= 0.6 is 0 Å². The molecule has 1 aromatic carbocycles. The molecule has 1 fully saturated rings. The molecule has 1 aliphatic rings. The summed E-state index contributed by atoms with van der Waals surface area (Å²) >= 11 is 0. The first kappa shape index (κ1) is 20.9. The Morgan fingerprint density at radius 3 is 2.41 bits per heavy atom. The number of sulfonamides is 1. The number of nitrogen functional groups attached to an aromatic ring is 1. The Balaban J connectivity index is 1.56. The summed E-state index contributed by atoms with van der Waals surface area (Å²) in [4.78, 5) is 16.3. The molecule has 1 saturated heterocycles. The zero-order valence-electron chi connectivity index (χ0n) is 16.1. The lowest BCUT2D eigenvalue weighted by Crippen LogP contribution is -2.35. The SMILES string of the molecule is N=C(CC(=O)NCc1ccc(N)nc1)c1ccc(S(=O)(=O)N2CCCCC2)cc1. The molecule has 0 bridgehead atoms. The number of hydrogen-bond acceptors (Lipinski definition) is 6. The molecule has 29 heavy (non-hydrogen) atoms. The molecule has 9 heteroatoms. The number of rotatable bonds is 7. The van der Waals surface area contributed by atoms with Gasteiger partial charge in [-0.05, 0) is 42.2 Å². The average Bonchev–Trinajstić information content (AvgIpc) is 2.74. The average molecular weight is 416 g/mol. The van der Waals surface area contributed by atoms with E-state index in [0.29, 0.717) is 31.0 Å². The predicted molar refractivity (Wildman–Crippen MR) is 111 cm³/mol. The summed E-state index contributed by atoms with van der Waals surface area (Å²) in [5.74, 6) is 0.115. The van der Waals surface area contributed by atoms with Crippen molar-refractivity contribution in [2.24, 2.45) is 0 Å². The zero-order chi connectivity index (χ0) is 20.9. The van der Waals surface area contributed by atoms with Crippen LogP contribution in [0.3, 0.4) is 0 Å². The molecule has 2 heterocycles. The number of nitrogens with one attached hydrogen (secondary N) is 2. The second-order valence-electron chi connectivity index (χ2n) is 7.01. The third kappa shape index (κ3) is 5.39. The van der Waals surface area contributed by atoms with E-state index < -0.39 is 10.0 Å². The standard InChI is InChI=1S/C20H25N5O3S/c21-18(12-20(26)24-14-15-4-9-19(22)23-13-15)16-5-7-17(8-6-16)29(27,28)25-10-2-1-3-11-25/h4-9,13,21H,1-3,10-12,14H2,(H2,22,23)(H,24,26). The van der Waals surface area contributed by atoms with Gasteiger partial charge in [-0.2, -0.15) is 4.31 Å². The quantitative estimate of drug-likeness (QED) is 0.595. The summed E-state index contributed by atoms with van der Waals surface area (Å²) in [5, 5.41) is 10.9. The van der Waals surface area contributed by atoms with Crippen LogP contribution in [0.1, 0.15) is 36.8 Å². The number of benzene rings is 1. The Morgan fingerprint density at radius 1 is 1.10 bits per heavy atom. The second kappa shape index (κ2) is 9.15. The molecule has 1 amide bonds. The second-order valence-corrected chi connectivity index (χ2v) is 8.95. The van der Waals surface area contributed by atoms with E-state index >= 15 is 0 Å². The molecule has 0 spiro atoms. The molecule has 0 aliphatic carbocycles. The Hall–Kier alpha value is -2.78. The van der Waals surface area contributed by atoms with Crippen molar-refractivity contribution in [2.75, 3.05) is 18.8 Å². The molecule has 0 unspecified atom stereocenters. The number of aromatic nitrogens is 1. The van der Waals surface area contributed by atoms with Gasteiger partial charge in [-0.25, -0.2) is 13.4 Å². The molecule has 1 aliphatic heterocycles. The minimum Gasteiger partial charge on any atom is -0.384 e. The fraction of sp³-hybridized carbons (Fsp3) is 0.350. The van der Waals surface area contributed by atoms with Crippen LogP contribution in [-0.2, 0) is 21.4 Å². The van der Waals surface area contributed by atoms with Crippen molar-refractivity contribution in [1.82, 2.24) is 14.6 Å². The van der Waals surface area contributed by atoms with E-state index in [1.54, 1.807) is 30.5 Å². The maximum absolute atomic E-state index is 12.7. The number of carbonyl (C=O) groups excluding carboxylic acids is 1. The molecule has 154 valence electrons. The van der Waals surface area contributed by atoms with Crippen molar-refractivity contribution >= 4 is 27.5 Å². The summed E-state index contributed by atoms with van der Waals surface area (Å²) in [6, 6.07) is 9.60. The minimum atomic E-state index is -3.50. The van der Waals surface area contributed by atoms with Gasteiger partial charge < -0.3 is 16.5 Å². The molecule has 4 N–H and O–H groups in total. The van der Waals surface area contributed by atoms with Gasteiger partial charge in [-0.1, -0.05) is 24.6 Å². The van der Waals surface area contributed by atoms with Crippen molar-refractivity contribution < 1.29 is 13.2 Å². The molecule has 0 atom stereocenters. The fourth-order valence-electron chi connectivity index (χ4n) is 3.15. The Kier molecular flexibility index (Phi) is 6.60. The Bertz CT molecular complexity index is 966. The van der Waals surface area contributed by atoms with E-state index in [2.05, 4.69) is 10.3 Å². The third-order valence-corrected chi connectivity index (χ3v) is 6.74. The molecule has 1 aromatic heterocycles. The highest BCUT2D eigenvalue weighted by Gasteiger charge is 2.25. The number of carbonyl (C=O) groups is 1. The first-order chi connectivity index (χ1) is 13.9. The highest BCUT2D eigenvalue weighted by Crippen LogP contribution is 2.21. The molecule has 2 aromatic rings. The van der Waals surface area contributed by atoms with Gasteiger partial charge in [0, 0.05) is 31.5 Å². The van der Waals surface area contributed by atoms with Gasteiger partial charge in [0.05, 0.1) is 11.3 Å². The van der Waals surface area contributed by atoms with Crippen LogP contribution in [0.4, 0.5) is 5.82 Å². The lowest BCUT2D eigenvalue weighted by molar-refractivity contribution is -0.120. The lowest BCUT2D eigenvalue weighted by Gasteiger charge is -2.25. The van der Waals surface area contributed by atoms with Crippen LogP contribution in [0.15, 0.2) is 47.5 Å². The van der Waals surface area contributed by atoms with E-state index in [9.17, 15) is 13.2 Å². The Morgan fingerprint density at radius 2 is 1.79 bits per heavy atom. The minimum absolute atomic E-state index is 0.0966. The number of pyridine rings is 1. The molecule has 8 nitrogen and oxygen atoms in total. The zero-order valence-corrected chi connectivity index (χ0v) is 16.9. The fourth-order valence-corrected chi connectivity index (χ4v) is 4.67. The smallest absolute Gasteiger partial charge is 0.243 e. The van der Waals surface area contributed by atoms with Gasteiger partial charge in [-0.3, -0.25) is 4.79 Å². The van der Waals surface area contributed by atoms with Gasteiger partial charge in [0.25, 0.3) is 0 Å². The van der Waals surface area contributed by atoms with E-state index in [1.165, 1.54) is 16.4 Å². The molecule has 3 rings (SSSR count). The first-order valence-electron chi connectivity index (χ1n) is 9.51. The molecular weight excluding hydrogens is 390 g/mol. The van der Waals surface area contributed by atoms with Crippen molar-refractivity contribution in [3.63, 3.8) is 0 Å². The number of hydrogen-bond donors (Lipinski definition) is 3. The maximum Gasteiger partial charge on any atom is 0.243 e. The summed E-state index contributed by atoms with van der Waals surface area (Å²) in [7, 11) is -3.50. The summed E-state index contributed by atoms with van der Waals surface area (Å²) < 4.78 is 26.9. The summed E-state index contributed by atoms with van der Waals surface area (Å²) in [5.41, 5.74) is 6.98. The number of nitrogens with zero attached hydrogens (tertiary/aromatic N) is 2. The number of amides is 1. The molecule has 0 radical (unpaired) electrons. The van der Waals surface area contributed by atoms with Gasteiger partial charge in [0.1, 0.15) is 5.82 Å². The van der Waals surface area contributed by atoms with Crippen LogP contribution < -0.4 is 11.1 Å². The highest BCUT2D eigenvalue weighted by molar-refractivity contribution is 7.89. The van der Waals surface area contributed by atoms with Gasteiger partial charge in [0.2, 0.25) is 15.9 Å². The number of anilines is 1. The van der Waals surface area contributed by atoms with Crippen LogP contribution in [0.5, 0.6) is 0 Å². The van der Waals surface area contributed by atoms with E-state index in [0.717, 1.165) is 24.8 Å². The van der Waals surface area contributed by atoms with Crippen LogP contribution in [0, 0.1) is 5.41 Å². The van der Waals surface area contributed by atoms with Crippen molar-refractivity contribution in [3.8, 4) is 0 Å². The normalized spacial score (nSPS) is 15.0. The van der Waals surface area contributed by atoms with Crippen LogP contribution in [-0.4, -0.2) is 42.4 Å². The summed E-state index contributed by atoms with van der Waals surface area (Å²) in [6.45, 7) is 1.39. The predicted octanol–water partition coefficient (Wildman–Crippen LogP) is 1.91. The first-order valence-corrected chi connectivity index (χ1v) is 11.0. The van der Waals surface area contributed by atoms with Gasteiger partial charge in [-0.15, -0.1) is 0 Å². The maximum atomic E-state index is 12.7. The van der Waals surface area contributed by atoms with E-state index in [4.69, 9.17) is 11.1 Å². The van der Waals surface area contributed by atoms with Crippen LogP contribution in [0.2, 0.25) is 0 Å². The van der Waals surface area contributed by atoms with Crippen molar-refractivity contribution in [2.45, 2.75) is 37.1 Å². The molecule has 0 saturated carbocycles. The van der Waals surface area contributed by atoms with Gasteiger partial charge in [0.15, 0.2) is 0 Å². The molecular formula is C20H25N5O3S. The Labute approximate surface area is 170 Å². The highest BCUT2D eigenvalue weighted by atomic mass is 32.2. The van der Waals surface area contributed by atoms with Gasteiger partial charge >= 0.3 is 0 Å². The summed E-state index contributed by atoms with van der Waals surface area (Å²) in [6.07, 6.45) is 4.30. The van der Waals surface area contributed by atoms with E-state index in [-0.39, 0.29) is 22.9 Å². The number of nitrogens with two attached hydrogens (primary N) is 1. The lowest BCUT2D eigenvalue weighted by atomic mass is 10.1. The van der Waals surface area contributed by atoms with Crippen molar-refractivity contribution in [3.05, 3.63) is 53.7 Å². The van der Waals surface area contributed by atoms with Crippen LogP contribution in [0.25, 0.3) is 0 Å². The largest absolute Gasteiger partial charge is 0.384 e. The monoisotopic (exact) mass is 415 g/mol. The van der Waals surface area contributed by atoms with Crippen molar-refractivity contribution in [1.29, 1.82) is 5.41 Å². The number of piperidine rings is 1.